The van der Waals surface area contributed by atoms with Gasteiger partial charge in [-0.25, -0.2) is 0 Å². The number of carbonyl (C=O) groups is 3. The van der Waals surface area contributed by atoms with Gasteiger partial charge in [0, 0.05) is 79.8 Å². The molecule has 4 heterocycles. The lowest BCUT2D eigenvalue weighted by Crippen LogP contribution is -2.65. The standard InChI is InChI=1S/C53H70N4O12/c1-28-18-17-19-29(2)50(65)55-41-36(24-54-57-27-51(8,9)56(26-52(57,10)11)25-35-20-15-14-16-21-35)45(62)38-39(46(41)63)44(61)33(6)48-40(38)49(64)53(12,69-48)67-23-22-37(66-13)30(3)47(68-34(7)58)32(5)43(60)31(4)42(28)59/h14-24,28,30-32,37,42-43,47,59-63H,25-27H2,1-13H3,(H,55,65)/t28-,30+,31-,32-,37+,42-,43-,47+,53-/m0/s1. The summed E-state index contributed by atoms with van der Waals surface area (Å²) in [4.78, 5) is 43.6. The molecule has 3 aromatic carbocycles. The molecule has 16 heteroatoms. The first-order valence-corrected chi connectivity index (χ1v) is 23.4. The molecule has 0 spiro atoms. The number of piperazine rings is 1. The number of aliphatic hydroxyl groups is 2. The topological polar surface area (TPSA) is 220 Å². The van der Waals surface area contributed by atoms with E-state index >= 15 is 0 Å². The lowest BCUT2D eigenvalue weighted by Gasteiger charge is -2.54. The molecule has 0 unspecified atom stereocenters. The fraction of sp³-hybridized carbons (Fsp3) is 0.509. The number of allylic oxidation sites excluding steroid dienone is 2. The number of fused-ring (bicyclic) bond motifs is 14. The second-order valence-corrected chi connectivity index (χ2v) is 20.4. The Hall–Kier alpha value is -5.94. The second-order valence-electron chi connectivity index (χ2n) is 20.4. The largest absolute Gasteiger partial charge is 0.507 e. The first-order valence-electron chi connectivity index (χ1n) is 23.4. The molecular weight excluding hydrogens is 885 g/mol. The molecule has 0 radical (unpaired) electrons. The molecule has 7 rings (SSSR count). The molecule has 69 heavy (non-hydrogen) atoms. The van der Waals surface area contributed by atoms with E-state index < -0.39 is 94.3 Å². The maximum atomic E-state index is 14.7. The second kappa shape index (κ2) is 20.2. The summed E-state index contributed by atoms with van der Waals surface area (Å²) in [7, 11) is 1.44. The third-order valence-corrected chi connectivity index (χ3v) is 14.2. The van der Waals surface area contributed by atoms with Crippen LogP contribution in [0.4, 0.5) is 5.69 Å². The Morgan fingerprint density at radius 1 is 0.884 bits per heavy atom. The summed E-state index contributed by atoms with van der Waals surface area (Å²) in [5.74, 6) is -8.52. The van der Waals surface area contributed by atoms with Crippen molar-refractivity contribution in [3.8, 4) is 23.0 Å². The molecule has 4 aliphatic rings. The fourth-order valence-corrected chi connectivity index (χ4v) is 9.71. The third kappa shape index (κ3) is 10.4. The number of nitrogens with zero attached hydrogens (tertiary/aromatic N) is 3. The maximum Gasteiger partial charge on any atom is 0.312 e. The van der Waals surface area contributed by atoms with Crippen LogP contribution in [0.2, 0.25) is 0 Å². The lowest BCUT2D eigenvalue weighted by atomic mass is 9.78. The quantitative estimate of drug-likeness (QED) is 0.0612. The van der Waals surface area contributed by atoms with Crippen LogP contribution in [-0.2, 0) is 30.3 Å². The summed E-state index contributed by atoms with van der Waals surface area (Å²) < 4.78 is 23.9. The number of ether oxygens (including phenoxy) is 4. The number of esters is 1. The number of anilines is 1. The van der Waals surface area contributed by atoms with E-state index in [9.17, 15) is 39.9 Å². The van der Waals surface area contributed by atoms with Gasteiger partial charge in [0.15, 0.2) is 5.75 Å². The van der Waals surface area contributed by atoms with Crippen molar-refractivity contribution < 1.29 is 58.9 Å². The predicted octanol–water partition coefficient (Wildman–Crippen LogP) is 7.46. The zero-order chi connectivity index (χ0) is 51.1. The van der Waals surface area contributed by atoms with Crippen molar-refractivity contribution >= 4 is 40.3 Å². The number of amides is 1. The van der Waals surface area contributed by atoms with E-state index in [1.807, 2.05) is 37.1 Å². The van der Waals surface area contributed by atoms with Gasteiger partial charge in [-0.1, -0.05) is 76.3 Å². The molecule has 0 aromatic heterocycles. The van der Waals surface area contributed by atoms with Gasteiger partial charge in [0.05, 0.1) is 65.1 Å². The molecule has 5 bridgehead atoms. The molecule has 1 fully saturated rings. The Morgan fingerprint density at radius 3 is 2.19 bits per heavy atom. The minimum Gasteiger partial charge on any atom is -0.507 e. The number of hydrazone groups is 1. The third-order valence-electron chi connectivity index (χ3n) is 14.2. The van der Waals surface area contributed by atoms with Crippen molar-refractivity contribution in [1.29, 1.82) is 0 Å². The van der Waals surface area contributed by atoms with Gasteiger partial charge in [-0.05, 0) is 53.2 Å². The fourth-order valence-electron chi connectivity index (χ4n) is 9.71. The van der Waals surface area contributed by atoms with Gasteiger partial charge in [0.2, 0.25) is 0 Å². The number of aliphatic hydroxyl groups excluding tert-OH is 2. The highest BCUT2D eigenvalue weighted by Crippen LogP contribution is 2.55. The van der Waals surface area contributed by atoms with Crippen LogP contribution in [0.25, 0.3) is 10.8 Å². The number of aromatic hydroxyl groups is 3. The van der Waals surface area contributed by atoms with Gasteiger partial charge in [-0.15, -0.1) is 0 Å². The summed E-state index contributed by atoms with van der Waals surface area (Å²) in [5, 5.41) is 68.5. The first-order chi connectivity index (χ1) is 32.3. The summed E-state index contributed by atoms with van der Waals surface area (Å²) in [5.41, 5.74) is -0.206. The highest BCUT2D eigenvalue weighted by atomic mass is 16.7. The van der Waals surface area contributed by atoms with E-state index in [0.717, 1.165) is 5.56 Å². The number of carbonyl (C=O) groups excluding carboxylic acids is 3. The summed E-state index contributed by atoms with van der Waals surface area (Å²) >= 11 is 0. The van der Waals surface area contributed by atoms with Crippen molar-refractivity contribution in [2.45, 2.75) is 131 Å². The van der Waals surface area contributed by atoms with Crippen molar-refractivity contribution in [2.75, 3.05) is 25.5 Å². The normalized spacial score (nSPS) is 29.0. The average Bonchev–Trinajstić information content (AvgIpc) is 3.56. The van der Waals surface area contributed by atoms with Gasteiger partial charge in [-0.3, -0.25) is 24.3 Å². The number of methoxy groups -OCH3 is 1. The minimum absolute atomic E-state index is 0.0466. The van der Waals surface area contributed by atoms with Crippen LogP contribution in [0.3, 0.4) is 0 Å². The van der Waals surface area contributed by atoms with Crippen LogP contribution in [-0.4, -0.2) is 121 Å². The monoisotopic (exact) mass is 954 g/mol. The van der Waals surface area contributed by atoms with E-state index in [-0.39, 0.29) is 50.0 Å². The van der Waals surface area contributed by atoms with Crippen molar-refractivity contribution in [1.82, 2.24) is 9.91 Å². The Morgan fingerprint density at radius 2 is 1.55 bits per heavy atom. The number of phenols is 3. The first kappa shape index (κ1) is 52.4. The van der Waals surface area contributed by atoms with Crippen LogP contribution < -0.4 is 10.1 Å². The SMILES string of the molecule is CO[C@@H]1C=CO[C@@]2(C)Oc3c(C)c(O)c4c(O)c(c(C=NN5CC(C)(C)N(Cc6ccccc6)CC5(C)C)c(O)c4c3C2=O)NC(=O)C(C)=CC=C[C@H](C)[C@H](O)[C@H](C)[C@H](O)[C@H](C)[C@H](OC(C)=O)[C@@H]1C. The van der Waals surface area contributed by atoms with Crippen LogP contribution in [0.5, 0.6) is 23.0 Å². The number of nitrogens with one attached hydrogen (secondary N) is 1. The smallest absolute Gasteiger partial charge is 0.312 e. The zero-order valence-corrected chi connectivity index (χ0v) is 42.0. The number of rotatable bonds is 6. The molecule has 0 aliphatic carbocycles. The van der Waals surface area contributed by atoms with Crippen LogP contribution in [0.1, 0.15) is 103 Å². The zero-order valence-electron chi connectivity index (χ0n) is 42.0. The van der Waals surface area contributed by atoms with Crippen molar-refractivity contribution in [2.24, 2.45) is 28.8 Å². The predicted molar refractivity (Wildman–Crippen MR) is 263 cm³/mol. The number of benzene rings is 3. The molecule has 3 aromatic rings. The lowest BCUT2D eigenvalue weighted by molar-refractivity contribution is -0.160. The van der Waals surface area contributed by atoms with Gasteiger partial charge in [-0.2, -0.15) is 5.10 Å². The van der Waals surface area contributed by atoms with Crippen molar-refractivity contribution in [3.63, 3.8) is 0 Å². The van der Waals surface area contributed by atoms with E-state index in [4.69, 9.17) is 24.0 Å². The van der Waals surface area contributed by atoms with Crippen LogP contribution >= 0.6 is 0 Å². The maximum absolute atomic E-state index is 14.7. The van der Waals surface area contributed by atoms with Crippen molar-refractivity contribution in [3.05, 3.63) is 88.7 Å². The summed E-state index contributed by atoms with van der Waals surface area (Å²) in [6.07, 6.45) is 4.88. The Kier molecular flexibility index (Phi) is 15.3. The number of hydrogen-bond donors (Lipinski definition) is 6. The summed E-state index contributed by atoms with van der Waals surface area (Å²) in [6, 6.07) is 10.2. The van der Waals surface area contributed by atoms with Crippen LogP contribution in [0.15, 0.2) is 71.6 Å². The molecule has 6 N–H and O–H groups in total. The number of ketones is 1. The van der Waals surface area contributed by atoms with E-state index in [2.05, 4.69) is 36.2 Å². The number of phenolic OH excluding ortho intramolecular Hbond substituents is 3. The Bertz CT molecular complexity index is 2570. The van der Waals surface area contributed by atoms with E-state index in [0.29, 0.717) is 19.6 Å². The Balaban J connectivity index is 1.51. The van der Waals surface area contributed by atoms with E-state index in [1.165, 1.54) is 59.4 Å². The molecule has 374 valence electrons. The van der Waals surface area contributed by atoms with E-state index in [1.54, 1.807) is 39.8 Å². The molecule has 1 amide bonds. The van der Waals surface area contributed by atoms with Gasteiger partial charge >= 0.3 is 11.8 Å². The molecular formula is C53H70N4O12. The van der Waals surface area contributed by atoms with Gasteiger partial charge in [0.25, 0.3) is 11.7 Å². The average molecular weight is 955 g/mol. The minimum atomic E-state index is -2.08. The highest BCUT2D eigenvalue weighted by molar-refractivity contribution is 6.23. The number of hydrogen-bond acceptors (Lipinski definition) is 15. The number of Topliss-reactive ketones (excluding diaryl/α,β-unsaturated/α-hetero) is 1. The molecule has 9 atom stereocenters. The summed E-state index contributed by atoms with van der Waals surface area (Å²) in [6.45, 7) is 22.7. The van der Waals surface area contributed by atoms with Gasteiger partial charge < -0.3 is 49.8 Å². The highest BCUT2D eigenvalue weighted by Gasteiger charge is 2.50. The molecule has 16 nitrogen and oxygen atoms in total. The Labute approximate surface area is 404 Å². The molecule has 4 aliphatic heterocycles. The molecule has 0 saturated carbocycles. The molecule has 1 saturated heterocycles. The van der Waals surface area contributed by atoms with Crippen LogP contribution in [0, 0.1) is 30.6 Å². The van der Waals surface area contributed by atoms with Gasteiger partial charge in [0.1, 0.15) is 23.4 Å².